The smallest absolute Gasteiger partial charge is 0.417 e. The summed E-state index contributed by atoms with van der Waals surface area (Å²) >= 11 is 0. The molecule has 5 aliphatic rings. The van der Waals surface area contributed by atoms with Gasteiger partial charge in [-0.15, -0.1) is 0 Å². The highest BCUT2D eigenvalue weighted by atomic mass is 19.4. The number of nitrogens with zero attached hydrogens (tertiary/aromatic N) is 1. The molecule has 1 spiro atoms. The number of ether oxygens (including phenoxy) is 3. The van der Waals surface area contributed by atoms with Crippen LogP contribution in [0.5, 0.6) is 5.88 Å². The van der Waals surface area contributed by atoms with Gasteiger partial charge in [0.05, 0.1) is 17.6 Å². The van der Waals surface area contributed by atoms with Gasteiger partial charge in [0, 0.05) is 18.2 Å². The number of rotatable bonds is 2. The van der Waals surface area contributed by atoms with Crippen molar-refractivity contribution in [2.24, 2.45) is 34.5 Å². The number of hydrogen-bond donors (Lipinski definition) is 1. The van der Waals surface area contributed by atoms with Gasteiger partial charge in [-0.3, -0.25) is 4.79 Å². The van der Waals surface area contributed by atoms with Crippen molar-refractivity contribution in [3.8, 4) is 5.88 Å². The maximum absolute atomic E-state index is 14.7. The summed E-state index contributed by atoms with van der Waals surface area (Å²) in [7, 11) is 0. The van der Waals surface area contributed by atoms with Crippen molar-refractivity contribution < 1.29 is 37.3 Å². The Bertz CT molecular complexity index is 1250. The maximum Gasteiger partial charge on any atom is 0.417 e. The van der Waals surface area contributed by atoms with E-state index in [1.54, 1.807) is 20.8 Å². The number of carbonyl (C=O) groups is 1. The molecule has 0 amide bonds. The van der Waals surface area contributed by atoms with Crippen molar-refractivity contribution in [1.29, 1.82) is 0 Å². The van der Waals surface area contributed by atoms with Crippen LogP contribution >= 0.6 is 0 Å². The Labute approximate surface area is 220 Å². The lowest BCUT2D eigenvalue weighted by molar-refractivity contribution is -0.301. The van der Waals surface area contributed by atoms with E-state index in [1.165, 1.54) is 0 Å². The van der Waals surface area contributed by atoms with Gasteiger partial charge in [0.2, 0.25) is 5.88 Å². The quantitative estimate of drug-likeness (QED) is 0.533. The molecule has 6 nitrogen and oxygen atoms in total. The molecule has 1 N–H and O–H groups in total. The average Bonchev–Trinajstić information content (AvgIpc) is 3.31. The van der Waals surface area contributed by atoms with Crippen LogP contribution < -0.4 is 4.74 Å². The number of pyridine rings is 1. The standard InChI is InChI=1S/C29H34F3NO5/c1-14-11-27-15(2)9-19-21(25(19,3)4)18(22(27)34)10-16-13-36-26(5,6)38-24(16)28(27,35)23(14)37-20-8-7-17(12-33-20)29(30,31)32/h7-8,10-12,15,18-19,21,23-24,35H,9,13H2,1-6H3/t15-,18+,19-,21+,23+,24-,27?,28-/m1/s1. The van der Waals surface area contributed by atoms with Crippen molar-refractivity contribution in [2.45, 2.75) is 77.7 Å². The van der Waals surface area contributed by atoms with Gasteiger partial charge in [-0.2, -0.15) is 13.2 Å². The van der Waals surface area contributed by atoms with E-state index in [0.29, 0.717) is 23.3 Å². The lowest BCUT2D eigenvalue weighted by atomic mass is 9.59. The number of hydrogen-bond acceptors (Lipinski definition) is 6. The average molecular weight is 534 g/mol. The molecule has 0 radical (unpaired) electrons. The van der Waals surface area contributed by atoms with Crippen LogP contribution in [0, 0.1) is 34.5 Å². The molecule has 8 atom stereocenters. The topological polar surface area (TPSA) is 77.9 Å². The molecule has 2 bridgehead atoms. The summed E-state index contributed by atoms with van der Waals surface area (Å²) in [6.07, 6.45) is -1.25. The second-order valence-corrected chi connectivity index (χ2v) is 12.9. The fraction of sp³-hybridized carbons (Fsp3) is 0.655. The minimum absolute atomic E-state index is 0.00171. The Morgan fingerprint density at radius 3 is 2.53 bits per heavy atom. The fourth-order valence-electron chi connectivity index (χ4n) is 8.04. The first-order valence-corrected chi connectivity index (χ1v) is 13.2. The Kier molecular flexibility index (Phi) is 5.27. The molecule has 1 aromatic rings. The monoisotopic (exact) mass is 533 g/mol. The van der Waals surface area contributed by atoms with E-state index in [4.69, 9.17) is 14.2 Å². The number of halogens is 3. The van der Waals surface area contributed by atoms with Crippen LogP contribution in [0.1, 0.15) is 53.5 Å². The second kappa shape index (κ2) is 7.70. The van der Waals surface area contributed by atoms with Crippen molar-refractivity contribution >= 4 is 5.78 Å². The van der Waals surface area contributed by atoms with Crippen molar-refractivity contribution in [3.63, 3.8) is 0 Å². The Morgan fingerprint density at radius 2 is 1.89 bits per heavy atom. The first-order chi connectivity index (χ1) is 17.5. The Balaban J connectivity index is 1.50. The van der Waals surface area contributed by atoms with Gasteiger partial charge in [0.25, 0.3) is 0 Å². The normalized spacial score (nSPS) is 42.5. The molecule has 2 heterocycles. The summed E-state index contributed by atoms with van der Waals surface area (Å²) in [5, 5.41) is 13.0. The van der Waals surface area contributed by atoms with Gasteiger partial charge in [-0.05, 0) is 67.6 Å². The van der Waals surface area contributed by atoms with Crippen LogP contribution in [0.25, 0.3) is 0 Å². The van der Waals surface area contributed by atoms with Crippen LogP contribution in [0.15, 0.2) is 41.6 Å². The molecule has 6 rings (SSSR count). The summed E-state index contributed by atoms with van der Waals surface area (Å²) in [5.41, 5.74) is -2.75. The summed E-state index contributed by atoms with van der Waals surface area (Å²) in [4.78, 5) is 18.5. The van der Waals surface area contributed by atoms with Crippen molar-refractivity contribution in [3.05, 3.63) is 47.2 Å². The van der Waals surface area contributed by atoms with Gasteiger partial charge in [0.15, 0.2) is 23.3 Å². The number of aliphatic hydroxyl groups is 1. The summed E-state index contributed by atoms with van der Waals surface area (Å²) in [6, 6.07) is 2.04. The molecule has 4 aliphatic carbocycles. The molecular weight excluding hydrogens is 499 g/mol. The highest BCUT2D eigenvalue weighted by molar-refractivity contribution is 5.95. The summed E-state index contributed by atoms with van der Waals surface area (Å²) < 4.78 is 58.0. The molecule has 1 aromatic heterocycles. The number of aromatic nitrogens is 1. The number of fused-ring (bicyclic) bond motifs is 5. The highest BCUT2D eigenvalue weighted by Crippen LogP contribution is 2.72. The van der Waals surface area contributed by atoms with Gasteiger partial charge >= 0.3 is 6.18 Å². The zero-order valence-corrected chi connectivity index (χ0v) is 22.4. The van der Waals surface area contributed by atoms with Gasteiger partial charge in [0.1, 0.15) is 6.10 Å². The number of allylic oxidation sites excluding steroid dienone is 1. The predicted octanol–water partition coefficient (Wildman–Crippen LogP) is 5.11. The Hall–Kier alpha value is -2.23. The predicted molar refractivity (Wildman–Crippen MR) is 131 cm³/mol. The third-order valence-corrected chi connectivity index (χ3v) is 9.97. The van der Waals surface area contributed by atoms with E-state index < -0.39 is 46.7 Å². The lowest BCUT2D eigenvalue weighted by Gasteiger charge is -2.52. The fourth-order valence-corrected chi connectivity index (χ4v) is 8.04. The van der Waals surface area contributed by atoms with Gasteiger partial charge < -0.3 is 19.3 Å². The van der Waals surface area contributed by atoms with E-state index in [9.17, 15) is 23.1 Å². The Morgan fingerprint density at radius 1 is 1.18 bits per heavy atom. The molecule has 1 saturated heterocycles. The molecule has 1 unspecified atom stereocenters. The first-order valence-electron chi connectivity index (χ1n) is 13.2. The minimum atomic E-state index is -4.54. The number of Topliss-reactive ketones (excluding diaryl/α,β-unsaturated/α-hetero) is 1. The van der Waals surface area contributed by atoms with Crippen molar-refractivity contribution in [1.82, 2.24) is 4.98 Å². The maximum atomic E-state index is 14.7. The SMILES string of the molecule is CC1=CC23C(=O)[C@@H](C=C4COC(C)(C)O[C@H]4[C@]2(O)[C@H]1Oc1ccc(C(F)(F)F)cn1)[C@H]1[C@@H](C[C@H]3C)C1(C)C. The van der Waals surface area contributed by atoms with Crippen LogP contribution in [-0.4, -0.2) is 46.1 Å². The second-order valence-electron chi connectivity index (χ2n) is 12.9. The van der Waals surface area contributed by atoms with Crippen LogP contribution in [0.2, 0.25) is 0 Å². The summed E-state index contributed by atoms with van der Waals surface area (Å²) in [5.74, 6) is -1.33. The molecule has 206 valence electrons. The molecule has 9 heteroatoms. The van der Waals surface area contributed by atoms with E-state index in [2.05, 4.69) is 18.8 Å². The van der Waals surface area contributed by atoms with Crippen LogP contribution in [0.4, 0.5) is 13.2 Å². The largest absolute Gasteiger partial charge is 0.467 e. The minimum Gasteiger partial charge on any atom is -0.467 e. The lowest BCUT2D eigenvalue weighted by Crippen LogP contribution is -2.68. The van der Waals surface area contributed by atoms with E-state index in [1.807, 2.05) is 19.1 Å². The van der Waals surface area contributed by atoms with E-state index in [0.717, 1.165) is 18.6 Å². The number of alkyl halides is 3. The molecule has 1 aliphatic heterocycles. The van der Waals surface area contributed by atoms with Crippen LogP contribution in [0.3, 0.4) is 0 Å². The first kappa shape index (κ1) is 26.0. The highest BCUT2D eigenvalue weighted by Gasteiger charge is 2.77. The van der Waals surface area contributed by atoms with Gasteiger partial charge in [-0.1, -0.05) is 32.9 Å². The number of ketones is 1. The summed E-state index contributed by atoms with van der Waals surface area (Å²) in [6.45, 7) is 11.9. The van der Waals surface area contributed by atoms with Gasteiger partial charge in [-0.25, -0.2) is 4.98 Å². The molecular formula is C29H34F3NO5. The third-order valence-electron chi connectivity index (χ3n) is 9.97. The number of carbonyl (C=O) groups excluding carboxylic acids is 1. The van der Waals surface area contributed by atoms with E-state index >= 15 is 0 Å². The van der Waals surface area contributed by atoms with E-state index in [-0.39, 0.29) is 35.5 Å². The van der Waals surface area contributed by atoms with Crippen LogP contribution in [-0.2, 0) is 20.4 Å². The molecule has 0 aromatic carbocycles. The van der Waals surface area contributed by atoms with Crippen molar-refractivity contribution in [2.75, 3.05) is 6.61 Å². The molecule has 2 saturated carbocycles. The molecule has 38 heavy (non-hydrogen) atoms. The molecule has 3 fully saturated rings. The zero-order chi connectivity index (χ0) is 27.6. The third kappa shape index (κ3) is 3.30. The zero-order valence-electron chi connectivity index (χ0n) is 22.4.